The summed E-state index contributed by atoms with van der Waals surface area (Å²) in [6, 6.07) is 1.77. The SMILES string of the molecule is CCn1ccc(C(=O)N2CC(COCC3CC3)C(c3nc(C)no3)C2)n1. The Bertz CT molecular complexity index is 766. The molecule has 0 radical (unpaired) electrons. The van der Waals surface area contributed by atoms with Gasteiger partial charge in [0.15, 0.2) is 5.82 Å². The van der Waals surface area contributed by atoms with E-state index in [4.69, 9.17) is 9.26 Å². The third-order valence-electron chi connectivity index (χ3n) is 5.15. The Morgan fingerprint density at radius 1 is 1.35 bits per heavy atom. The molecule has 0 bridgehead atoms. The van der Waals surface area contributed by atoms with Crippen LogP contribution in [0.25, 0.3) is 0 Å². The lowest BCUT2D eigenvalue weighted by Gasteiger charge is -2.15. The van der Waals surface area contributed by atoms with E-state index in [9.17, 15) is 4.79 Å². The van der Waals surface area contributed by atoms with Crippen LogP contribution in [-0.2, 0) is 11.3 Å². The van der Waals surface area contributed by atoms with E-state index in [0.717, 1.165) is 19.1 Å². The molecule has 2 aliphatic rings. The second-order valence-corrected chi connectivity index (χ2v) is 7.29. The van der Waals surface area contributed by atoms with Crippen molar-refractivity contribution >= 4 is 5.91 Å². The van der Waals surface area contributed by atoms with Crippen LogP contribution >= 0.6 is 0 Å². The maximum atomic E-state index is 12.8. The minimum absolute atomic E-state index is 0.00705. The minimum atomic E-state index is -0.0527. The van der Waals surface area contributed by atoms with Crippen molar-refractivity contribution in [3.05, 3.63) is 29.7 Å². The molecule has 1 saturated carbocycles. The van der Waals surface area contributed by atoms with Crippen LogP contribution in [0.4, 0.5) is 0 Å². The average Bonchev–Trinajstić information content (AvgIpc) is 3.03. The quantitative estimate of drug-likeness (QED) is 0.750. The molecule has 2 fully saturated rings. The number of hydrogen-bond acceptors (Lipinski definition) is 6. The molecule has 8 nitrogen and oxygen atoms in total. The average molecular weight is 359 g/mol. The summed E-state index contributed by atoms with van der Waals surface area (Å²) < 4.78 is 13.1. The third-order valence-corrected chi connectivity index (χ3v) is 5.15. The number of rotatable bonds is 7. The van der Waals surface area contributed by atoms with Crippen LogP contribution in [-0.4, -0.2) is 57.0 Å². The zero-order chi connectivity index (χ0) is 18.1. The summed E-state index contributed by atoms with van der Waals surface area (Å²) in [5.74, 6) is 2.04. The Morgan fingerprint density at radius 3 is 2.85 bits per heavy atom. The fourth-order valence-corrected chi connectivity index (χ4v) is 3.43. The van der Waals surface area contributed by atoms with Crippen molar-refractivity contribution in [2.45, 2.75) is 39.2 Å². The van der Waals surface area contributed by atoms with Gasteiger partial charge in [-0.05, 0) is 38.7 Å². The monoisotopic (exact) mass is 359 g/mol. The Labute approximate surface area is 152 Å². The second-order valence-electron chi connectivity index (χ2n) is 7.29. The van der Waals surface area contributed by atoms with Crippen LogP contribution < -0.4 is 0 Å². The lowest BCUT2D eigenvalue weighted by molar-refractivity contribution is 0.0731. The summed E-state index contributed by atoms with van der Waals surface area (Å²) >= 11 is 0. The molecule has 0 N–H and O–H groups in total. The molecule has 140 valence electrons. The fourth-order valence-electron chi connectivity index (χ4n) is 3.43. The zero-order valence-electron chi connectivity index (χ0n) is 15.3. The molecule has 4 rings (SSSR count). The molecule has 0 spiro atoms. The lowest BCUT2D eigenvalue weighted by Crippen LogP contribution is -2.30. The molecule has 1 amide bonds. The van der Waals surface area contributed by atoms with Gasteiger partial charge in [-0.25, -0.2) is 0 Å². The Kier molecular flexibility index (Phi) is 4.76. The first-order valence-electron chi connectivity index (χ1n) is 9.34. The molecule has 1 saturated heterocycles. The molecule has 0 aromatic carbocycles. The van der Waals surface area contributed by atoms with E-state index < -0.39 is 0 Å². The summed E-state index contributed by atoms with van der Waals surface area (Å²) in [4.78, 5) is 19.1. The second kappa shape index (κ2) is 7.19. The maximum absolute atomic E-state index is 12.8. The Balaban J connectivity index is 1.46. The van der Waals surface area contributed by atoms with Crippen LogP contribution in [0.3, 0.4) is 0 Å². The molecular weight excluding hydrogens is 334 g/mol. The van der Waals surface area contributed by atoms with Crippen molar-refractivity contribution in [3.8, 4) is 0 Å². The normalized spacial score (nSPS) is 22.9. The van der Waals surface area contributed by atoms with Gasteiger partial charge in [0.1, 0.15) is 5.69 Å². The predicted octanol–water partition coefficient (Wildman–Crippen LogP) is 1.88. The van der Waals surface area contributed by atoms with Crippen molar-refractivity contribution in [2.75, 3.05) is 26.3 Å². The number of amides is 1. The maximum Gasteiger partial charge on any atom is 0.274 e. The van der Waals surface area contributed by atoms with Crippen molar-refractivity contribution in [1.82, 2.24) is 24.8 Å². The fraction of sp³-hybridized carbons (Fsp3) is 0.667. The van der Waals surface area contributed by atoms with E-state index in [-0.39, 0.29) is 17.7 Å². The van der Waals surface area contributed by atoms with E-state index in [1.165, 1.54) is 12.8 Å². The van der Waals surface area contributed by atoms with Gasteiger partial charge in [0, 0.05) is 38.4 Å². The molecular formula is C18H25N5O3. The number of aromatic nitrogens is 4. The van der Waals surface area contributed by atoms with Gasteiger partial charge in [-0.15, -0.1) is 0 Å². The van der Waals surface area contributed by atoms with Gasteiger partial charge < -0.3 is 14.2 Å². The van der Waals surface area contributed by atoms with Crippen LogP contribution in [0.2, 0.25) is 0 Å². The summed E-state index contributed by atoms with van der Waals surface area (Å²) in [6.45, 7) is 7.14. The van der Waals surface area contributed by atoms with Gasteiger partial charge in [-0.2, -0.15) is 10.1 Å². The molecule has 2 aromatic heterocycles. The first-order chi connectivity index (χ1) is 12.6. The van der Waals surface area contributed by atoms with Gasteiger partial charge in [0.2, 0.25) is 5.89 Å². The van der Waals surface area contributed by atoms with Crippen molar-refractivity contribution in [2.24, 2.45) is 11.8 Å². The predicted molar refractivity (Wildman–Crippen MR) is 92.6 cm³/mol. The standard InChI is InChI=1S/C18H25N5O3/c1-3-23-7-6-16(20-23)18(24)22-8-14(11-25-10-13-4-5-13)15(9-22)17-19-12(2)21-26-17/h6-7,13-15H,3-5,8-11H2,1-2H3. The molecule has 2 aromatic rings. The van der Waals surface area contributed by atoms with Crippen LogP contribution in [0.15, 0.2) is 16.8 Å². The molecule has 1 aliphatic heterocycles. The molecule has 2 atom stereocenters. The van der Waals surface area contributed by atoms with Gasteiger partial charge in [0.05, 0.1) is 12.5 Å². The summed E-state index contributed by atoms with van der Waals surface area (Å²) in [6.07, 6.45) is 4.36. The van der Waals surface area contributed by atoms with E-state index >= 15 is 0 Å². The smallest absolute Gasteiger partial charge is 0.274 e. The van der Waals surface area contributed by atoms with Crippen molar-refractivity contribution < 1.29 is 14.1 Å². The van der Waals surface area contributed by atoms with Crippen LogP contribution in [0, 0.1) is 18.8 Å². The van der Waals surface area contributed by atoms with Crippen LogP contribution in [0.1, 0.15) is 47.9 Å². The number of carbonyl (C=O) groups is 1. The van der Waals surface area contributed by atoms with E-state index in [2.05, 4.69) is 15.2 Å². The first kappa shape index (κ1) is 17.2. The molecule has 2 unspecified atom stereocenters. The highest BCUT2D eigenvalue weighted by Crippen LogP contribution is 2.34. The number of nitrogens with zero attached hydrogens (tertiary/aromatic N) is 5. The number of aryl methyl sites for hydroxylation is 2. The lowest BCUT2D eigenvalue weighted by atomic mass is 9.97. The zero-order valence-corrected chi connectivity index (χ0v) is 15.3. The van der Waals surface area contributed by atoms with Crippen molar-refractivity contribution in [1.29, 1.82) is 0 Å². The van der Waals surface area contributed by atoms with Gasteiger partial charge in [-0.3, -0.25) is 9.48 Å². The largest absolute Gasteiger partial charge is 0.381 e. The van der Waals surface area contributed by atoms with Gasteiger partial charge in [-0.1, -0.05) is 5.16 Å². The van der Waals surface area contributed by atoms with Gasteiger partial charge >= 0.3 is 0 Å². The molecule has 26 heavy (non-hydrogen) atoms. The number of carbonyl (C=O) groups excluding carboxylic acids is 1. The molecule has 3 heterocycles. The first-order valence-corrected chi connectivity index (χ1v) is 9.34. The number of hydrogen-bond donors (Lipinski definition) is 0. The van der Waals surface area contributed by atoms with E-state index in [1.54, 1.807) is 17.7 Å². The summed E-state index contributed by atoms with van der Waals surface area (Å²) in [5.41, 5.74) is 0.479. The highest BCUT2D eigenvalue weighted by molar-refractivity contribution is 5.92. The Morgan fingerprint density at radius 2 is 2.19 bits per heavy atom. The molecule has 8 heteroatoms. The Hall–Kier alpha value is -2.22. The highest BCUT2D eigenvalue weighted by Gasteiger charge is 2.40. The topological polar surface area (TPSA) is 86.3 Å². The van der Waals surface area contributed by atoms with Gasteiger partial charge in [0.25, 0.3) is 5.91 Å². The number of ether oxygens (including phenoxy) is 1. The minimum Gasteiger partial charge on any atom is -0.381 e. The van der Waals surface area contributed by atoms with E-state index in [0.29, 0.717) is 37.1 Å². The van der Waals surface area contributed by atoms with E-state index in [1.807, 2.05) is 18.0 Å². The van der Waals surface area contributed by atoms with Crippen molar-refractivity contribution in [3.63, 3.8) is 0 Å². The van der Waals surface area contributed by atoms with Crippen LogP contribution in [0.5, 0.6) is 0 Å². The third kappa shape index (κ3) is 3.65. The summed E-state index contributed by atoms with van der Waals surface area (Å²) in [7, 11) is 0. The highest BCUT2D eigenvalue weighted by atomic mass is 16.5. The number of likely N-dealkylation sites (tertiary alicyclic amines) is 1. The molecule has 1 aliphatic carbocycles. The summed E-state index contributed by atoms with van der Waals surface area (Å²) in [5, 5.41) is 8.25.